The fraction of sp³-hybridized carbons (Fsp3) is 1.00. The van der Waals surface area contributed by atoms with Gasteiger partial charge >= 0.3 is 0 Å². The van der Waals surface area contributed by atoms with Crippen molar-refractivity contribution in [3.63, 3.8) is 0 Å². The van der Waals surface area contributed by atoms with Gasteiger partial charge in [0.15, 0.2) is 0 Å². The van der Waals surface area contributed by atoms with Gasteiger partial charge in [-0.25, -0.2) is 0 Å². The van der Waals surface area contributed by atoms with Gasteiger partial charge in [0, 0.05) is 12.1 Å². The van der Waals surface area contributed by atoms with Crippen LogP contribution in [0.3, 0.4) is 0 Å². The van der Waals surface area contributed by atoms with E-state index in [1.54, 1.807) is 0 Å². The number of aliphatic hydroxyl groups excluding tert-OH is 2. The highest BCUT2D eigenvalue weighted by atomic mass is 16.3. The summed E-state index contributed by atoms with van der Waals surface area (Å²) in [6.45, 7) is 0. The molecular formula is C8H18N2O2. The average molecular weight is 174 g/mol. The lowest BCUT2D eigenvalue weighted by atomic mass is 9.89. The highest BCUT2D eigenvalue weighted by Crippen LogP contribution is 2.16. The summed E-state index contributed by atoms with van der Waals surface area (Å²) >= 11 is 0. The molecule has 1 aliphatic carbocycles. The first-order valence-electron chi connectivity index (χ1n) is 4.50. The molecule has 0 radical (unpaired) electrons. The lowest BCUT2D eigenvalue weighted by Crippen LogP contribution is -2.54. The third kappa shape index (κ3) is 2.17. The first-order valence-corrected chi connectivity index (χ1v) is 4.50. The zero-order valence-electron chi connectivity index (χ0n) is 7.19. The Balaban J connectivity index is 2.55. The SMILES string of the molecule is N[C@H]1[C@H](O)[C@H](O)CCCC[C@H]1N. The molecule has 0 aromatic rings. The van der Waals surface area contributed by atoms with Crippen LogP contribution in [0.5, 0.6) is 0 Å². The molecule has 0 spiro atoms. The Morgan fingerprint density at radius 3 is 2.25 bits per heavy atom. The molecule has 0 amide bonds. The van der Waals surface area contributed by atoms with Crippen LogP contribution in [-0.4, -0.2) is 34.5 Å². The second-order valence-electron chi connectivity index (χ2n) is 3.58. The monoisotopic (exact) mass is 174 g/mol. The summed E-state index contributed by atoms with van der Waals surface area (Å²) in [6.07, 6.45) is 1.80. The molecule has 1 rings (SSSR count). The minimum atomic E-state index is -0.861. The van der Waals surface area contributed by atoms with Crippen LogP contribution in [0, 0.1) is 0 Å². The molecule has 1 aliphatic rings. The van der Waals surface area contributed by atoms with Crippen molar-refractivity contribution in [3.8, 4) is 0 Å². The normalized spacial score (nSPS) is 45.0. The maximum Gasteiger partial charge on any atom is 0.0964 e. The predicted octanol–water partition coefficient (Wildman–Crippen LogP) is -1.06. The van der Waals surface area contributed by atoms with Crippen molar-refractivity contribution < 1.29 is 10.2 Å². The van der Waals surface area contributed by atoms with E-state index in [1.165, 1.54) is 0 Å². The minimum Gasteiger partial charge on any atom is -0.390 e. The summed E-state index contributed by atoms with van der Waals surface area (Å²) in [5, 5.41) is 18.9. The zero-order valence-corrected chi connectivity index (χ0v) is 7.19. The largest absolute Gasteiger partial charge is 0.390 e. The molecule has 6 N–H and O–H groups in total. The fourth-order valence-corrected chi connectivity index (χ4v) is 1.61. The Bertz CT molecular complexity index is 127. The third-order valence-corrected chi connectivity index (χ3v) is 2.57. The van der Waals surface area contributed by atoms with E-state index in [0.29, 0.717) is 6.42 Å². The van der Waals surface area contributed by atoms with Crippen LogP contribution in [0.25, 0.3) is 0 Å². The van der Waals surface area contributed by atoms with Gasteiger partial charge in [-0.2, -0.15) is 0 Å². The highest BCUT2D eigenvalue weighted by Gasteiger charge is 2.29. The van der Waals surface area contributed by atoms with Crippen molar-refractivity contribution in [1.29, 1.82) is 0 Å². The standard InChI is InChI=1S/C8H18N2O2/c9-5-3-1-2-4-6(11)8(12)7(5)10/h5-8,11-12H,1-4,9-10H2/t5-,6-,7-,8-/m1/s1. The van der Waals surface area contributed by atoms with E-state index in [9.17, 15) is 10.2 Å². The molecular weight excluding hydrogens is 156 g/mol. The van der Waals surface area contributed by atoms with Crippen molar-refractivity contribution in [3.05, 3.63) is 0 Å². The number of rotatable bonds is 0. The molecule has 0 heterocycles. The van der Waals surface area contributed by atoms with Crippen molar-refractivity contribution in [2.75, 3.05) is 0 Å². The van der Waals surface area contributed by atoms with Crippen molar-refractivity contribution in [2.24, 2.45) is 11.5 Å². The number of hydrogen-bond donors (Lipinski definition) is 4. The van der Waals surface area contributed by atoms with Crippen LogP contribution in [0.2, 0.25) is 0 Å². The Morgan fingerprint density at radius 2 is 1.58 bits per heavy atom. The van der Waals surface area contributed by atoms with Gasteiger partial charge in [-0.15, -0.1) is 0 Å². The number of hydrogen-bond acceptors (Lipinski definition) is 4. The van der Waals surface area contributed by atoms with E-state index in [2.05, 4.69) is 0 Å². The number of nitrogens with two attached hydrogens (primary N) is 2. The second kappa shape index (κ2) is 4.18. The maximum absolute atomic E-state index is 9.47. The molecule has 1 fully saturated rings. The summed E-state index contributed by atoms with van der Waals surface area (Å²) in [5.41, 5.74) is 11.4. The molecule has 4 heteroatoms. The molecule has 4 atom stereocenters. The third-order valence-electron chi connectivity index (χ3n) is 2.57. The fourth-order valence-electron chi connectivity index (χ4n) is 1.61. The van der Waals surface area contributed by atoms with Crippen molar-refractivity contribution >= 4 is 0 Å². The number of aliphatic hydroxyl groups is 2. The lowest BCUT2D eigenvalue weighted by Gasteiger charge is -2.30. The van der Waals surface area contributed by atoms with Crippen LogP contribution >= 0.6 is 0 Å². The smallest absolute Gasteiger partial charge is 0.0964 e. The topological polar surface area (TPSA) is 92.5 Å². The summed E-state index contributed by atoms with van der Waals surface area (Å²) in [4.78, 5) is 0. The summed E-state index contributed by atoms with van der Waals surface area (Å²) in [7, 11) is 0. The molecule has 0 aromatic carbocycles. The van der Waals surface area contributed by atoms with Crippen LogP contribution < -0.4 is 11.5 Å². The van der Waals surface area contributed by atoms with E-state index < -0.39 is 18.2 Å². The summed E-state index contributed by atoms with van der Waals surface area (Å²) in [5.74, 6) is 0. The quantitative estimate of drug-likeness (QED) is 0.376. The Hall–Kier alpha value is -0.160. The van der Waals surface area contributed by atoms with E-state index in [4.69, 9.17) is 11.5 Å². The van der Waals surface area contributed by atoms with Gasteiger partial charge in [-0.3, -0.25) is 0 Å². The Kier molecular flexibility index (Phi) is 3.46. The van der Waals surface area contributed by atoms with E-state index in [1.807, 2.05) is 0 Å². The van der Waals surface area contributed by atoms with Crippen LogP contribution in [0.15, 0.2) is 0 Å². The van der Waals surface area contributed by atoms with Gasteiger partial charge in [-0.1, -0.05) is 12.8 Å². The molecule has 0 bridgehead atoms. The molecule has 0 unspecified atom stereocenters. The van der Waals surface area contributed by atoms with E-state index in [-0.39, 0.29) is 6.04 Å². The minimum absolute atomic E-state index is 0.185. The van der Waals surface area contributed by atoms with Gasteiger partial charge < -0.3 is 21.7 Å². The van der Waals surface area contributed by atoms with Gasteiger partial charge in [0.2, 0.25) is 0 Å². The summed E-state index contributed by atoms with van der Waals surface area (Å²) in [6, 6.07) is -0.671. The van der Waals surface area contributed by atoms with E-state index >= 15 is 0 Å². The first kappa shape index (κ1) is 9.92. The lowest BCUT2D eigenvalue weighted by molar-refractivity contribution is -0.0118. The van der Waals surface area contributed by atoms with Crippen molar-refractivity contribution in [2.45, 2.75) is 50.0 Å². The predicted molar refractivity (Wildman–Crippen MR) is 46.4 cm³/mol. The molecule has 0 saturated heterocycles. The van der Waals surface area contributed by atoms with Gasteiger partial charge in [0.05, 0.1) is 12.2 Å². The first-order chi connectivity index (χ1) is 5.63. The molecule has 72 valence electrons. The Labute approximate surface area is 72.6 Å². The molecule has 0 aliphatic heterocycles. The molecule has 0 aromatic heterocycles. The van der Waals surface area contributed by atoms with Gasteiger partial charge in [0.1, 0.15) is 0 Å². The Morgan fingerprint density at radius 1 is 1.00 bits per heavy atom. The van der Waals surface area contributed by atoms with Crippen LogP contribution in [0.1, 0.15) is 25.7 Å². The second-order valence-corrected chi connectivity index (χ2v) is 3.58. The molecule has 12 heavy (non-hydrogen) atoms. The molecule has 1 saturated carbocycles. The molecule has 4 nitrogen and oxygen atoms in total. The summed E-state index contributed by atoms with van der Waals surface area (Å²) < 4.78 is 0. The highest BCUT2D eigenvalue weighted by molar-refractivity contribution is 4.88. The van der Waals surface area contributed by atoms with Gasteiger partial charge in [-0.05, 0) is 12.8 Å². The van der Waals surface area contributed by atoms with Gasteiger partial charge in [0.25, 0.3) is 0 Å². The van der Waals surface area contributed by atoms with Crippen molar-refractivity contribution in [1.82, 2.24) is 0 Å². The van der Waals surface area contributed by atoms with E-state index in [0.717, 1.165) is 19.3 Å². The van der Waals surface area contributed by atoms with Crippen LogP contribution in [-0.2, 0) is 0 Å². The average Bonchev–Trinajstić information content (AvgIpc) is 2.07. The van der Waals surface area contributed by atoms with Crippen LogP contribution in [0.4, 0.5) is 0 Å². The maximum atomic E-state index is 9.47. The zero-order chi connectivity index (χ0) is 9.14.